The summed E-state index contributed by atoms with van der Waals surface area (Å²) in [5, 5.41) is 10.7. The van der Waals surface area contributed by atoms with E-state index in [4.69, 9.17) is 16.3 Å². The number of rotatable bonds is 3. The molecule has 0 saturated heterocycles. The molecule has 92 valence electrons. The third-order valence-corrected chi connectivity index (χ3v) is 3.00. The predicted molar refractivity (Wildman–Crippen MR) is 63.4 cm³/mol. The van der Waals surface area contributed by atoms with Crippen molar-refractivity contribution in [3.8, 4) is 5.88 Å². The summed E-state index contributed by atoms with van der Waals surface area (Å²) >= 11 is 5.72. The summed E-state index contributed by atoms with van der Waals surface area (Å²) in [7, 11) is 0. The standard InChI is InChI=1S/C11H13ClN2O3/c12-10-6-8(14(15)16)7-11(13-10)17-9-4-2-1-3-5-9/h6-7,9H,1-5H2. The molecular weight excluding hydrogens is 244 g/mol. The van der Waals surface area contributed by atoms with Crippen molar-refractivity contribution in [2.75, 3.05) is 0 Å². The van der Waals surface area contributed by atoms with Gasteiger partial charge < -0.3 is 4.74 Å². The van der Waals surface area contributed by atoms with E-state index in [-0.39, 0.29) is 22.8 Å². The molecule has 0 unspecified atom stereocenters. The van der Waals surface area contributed by atoms with E-state index in [1.807, 2.05) is 0 Å². The summed E-state index contributed by atoms with van der Waals surface area (Å²) < 4.78 is 5.63. The Morgan fingerprint density at radius 2 is 2.06 bits per heavy atom. The second-order valence-electron chi connectivity index (χ2n) is 4.12. The molecule has 0 aliphatic heterocycles. The number of nitro groups is 1. The molecule has 0 aromatic carbocycles. The predicted octanol–water partition coefficient (Wildman–Crippen LogP) is 3.35. The van der Waals surface area contributed by atoms with Gasteiger partial charge in [0, 0.05) is 0 Å². The quantitative estimate of drug-likeness (QED) is 0.473. The van der Waals surface area contributed by atoms with E-state index in [2.05, 4.69) is 4.98 Å². The molecule has 2 rings (SSSR count). The van der Waals surface area contributed by atoms with Gasteiger partial charge in [-0.3, -0.25) is 10.1 Å². The number of nitrogens with zero attached hydrogens (tertiary/aromatic N) is 2. The highest BCUT2D eigenvalue weighted by Crippen LogP contribution is 2.26. The summed E-state index contributed by atoms with van der Waals surface area (Å²) in [4.78, 5) is 14.1. The Morgan fingerprint density at radius 3 is 2.71 bits per heavy atom. The Bertz CT molecular complexity index is 419. The Labute approximate surface area is 104 Å². The summed E-state index contributed by atoms with van der Waals surface area (Å²) in [6.45, 7) is 0. The normalized spacial score (nSPS) is 16.8. The van der Waals surface area contributed by atoms with Crippen molar-refractivity contribution >= 4 is 17.3 Å². The number of pyridine rings is 1. The lowest BCUT2D eigenvalue weighted by Crippen LogP contribution is -2.20. The minimum Gasteiger partial charge on any atom is -0.474 e. The molecule has 0 radical (unpaired) electrons. The third-order valence-electron chi connectivity index (χ3n) is 2.81. The van der Waals surface area contributed by atoms with Gasteiger partial charge in [-0.25, -0.2) is 4.98 Å². The first-order valence-corrected chi connectivity index (χ1v) is 6.01. The van der Waals surface area contributed by atoms with Gasteiger partial charge in [0.25, 0.3) is 5.69 Å². The molecule has 5 nitrogen and oxygen atoms in total. The Morgan fingerprint density at radius 1 is 1.35 bits per heavy atom. The molecule has 17 heavy (non-hydrogen) atoms. The van der Waals surface area contributed by atoms with E-state index in [0.29, 0.717) is 0 Å². The molecule has 1 fully saturated rings. The van der Waals surface area contributed by atoms with Crippen LogP contribution in [0.25, 0.3) is 0 Å². The van der Waals surface area contributed by atoms with Gasteiger partial charge in [0.05, 0.1) is 17.1 Å². The molecule has 0 bridgehead atoms. The van der Waals surface area contributed by atoms with Crippen LogP contribution in [-0.4, -0.2) is 16.0 Å². The first kappa shape index (κ1) is 12.1. The van der Waals surface area contributed by atoms with Crippen LogP contribution >= 0.6 is 11.6 Å². The average Bonchev–Trinajstić information content (AvgIpc) is 2.29. The average molecular weight is 257 g/mol. The van der Waals surface area contributed by atoms with Crippen LogP contribution < -0.4 is 4.74 Å². The number of halogens is 1. The number of hydrogen-bond acceptors (Lipinski definition) is 4. The minimum absolute atomic E-state index is 0.0872. The summed E-state index contributed by atoms with van der Waals surface area (Å²) in [5.74, 6) is 0.246. The summed E-state index contributed by atoms with van der Waals surface area (Å²) in [6.07, 6.45) is 5.54. The van der Waals surface area contributed by atoms with E-state index in [0.717, 1.165) is 25.7 Å². The highest BCUT2D eigenvalue weighted by Gasteiger charge is 2.18. The van der Waals surface area contributed by atoms with Crippen LogP contribution in [0.3, 0.4) is 0 Å². The zero-order chi connectivity index (χ0) is 12.3. The molecule has 0 spiro atoms. The van der Waals surface area contributed by atoms with Gasteiger partial charge in [0.1, 0.15) is 11.3 Å². The Balaban J connectivity index is 2.11. The van der Waals surface area contributed by atoms with Crippen LogP contribution in [0.4, 0.5) is 5.69 Å². The first-order chi connectivity index (χ1) is 8.15. The van der Waals surface area contributed by atoms with E-state index < -0.39 is 4.92 Å². The van der Waals surface area contributed by atoms with Crippen molar-refractivity contribution in [2.45, 2.75) is 38.2 Å². The smallest absolute Gasteiger partial charge is 0.277 e. The molecule has 1 aliphatic rings. The van der Waals surface area contributed by atoms with Crippen molar-refractivity contribution in [2.24, 2.45) is 0 Å². The van der Waals surface area contributed by atoms with Gasteiger partial charge in [-0.05, 0) is 25.7 Å². The molecule has 1 aromatic rings. The number of ether oxygens (including phenoxy) is 1. The van der Waals surface area contributed by atoms with E-state index >= 15 is 0 Å². The first-order valence-electron chi connectivity index (χ1n) is 5.64. The Hall–Kier alpha value is -1.36. The largest absolute Gasteiger partial charge is 0.474 e. The molecule has 0 N–H and O–H groups in total. The molecule has 0 amide bonds. The van der Waals surface area contributed by atoms with Crippen molar-refractivity contribution < 1.29 is 9.66 Å². The SMILES string of the molecule is O=[N+]([O-])c1cc(Cl)nc(OC2CCCCC2)c1. The van der Waals surface area contributed by atoms with Gasteiger partial charge in [-0.1, -0.05) is 18.0 Å². The van der Waals surface area contributed by atoms with Gasteiger partial charge in [-0.15, -0.1) is 0 Å². The van der Waals surface area contributed by atoms with Gasteiger partial charge in [0.15, 0.2) is 0 Å². The van der Waals surface area contributed by atoms with Gasteiger partial charge in [0.2, 0.25) is 5.88 Å². The lowest BCUT2D eigenvalue weighted by Gasteiger charge is -2.22. The minimum atomic E-state index is -0.499. The summed E-state index contributed by atoms with van der Waals surface area (Å²) in [6, 6.07) is 2.54. The lowest BCUT2D eigenvalue weighted by atomic mass is 9.98. The second kappa shape index (κ2) is 5.31. The maximum absolute atomic E-state index is 10.7. The maximum atomic E-state index is 10.7. The van der Waals surface area contributed by atoms with Crippen LogP contribution in [0.1, 0.15) is 32.1 Å². The molecule has 0 atom stereocenters. The lowest BCUT2D eigenvalue weighted by molar-refractivity contribution is -0.385. The van der Waals surface area contributed by atoms with Crippen molar-refractivity contribution in [1.82, 2.24) is 4.98 Å². The second-order valence-corrected chi connectivity index (χ2v) is 4.51. The Kier molecular flexibility index (Phi) is 3.78. The van der Waals surface area contributed by atoms with Gasteiger partial charge in [-0.2, -0.15) is 0 Å². The highest BCUT2D eigenvalue weighted by molar-refractivity contribution is 6.29. The topological polar surface area (TPSA) is 65.3 Å². The monoisotopic (exact) mass is 256 g/mol. The fraction of sp³-hybridized carbons (Fsp3) is 0.545. The molecule has 1 aliphatic carbocycles. The van der Waals surface area contributed by atoms with Crippen molar-refractivity contribution in [3.05, 3.63) is 27.4 Å². The van der Waals surface area contributed by atoms with Crippen LogP contribution in [0.15, 0.2) is 12.1 Å². The van der Waals surface area contributed by atoms with Crippen molar-refractivity contribution in [3.63, 3.8) is 0 Å². The number of aromatic nitrogens is 1. The van der Waals surface area contributed by atoms with Gasteiger partial charge >= 0.3 is 0 Å². The van der Waals surface area contributed by atoms with E-state index in [9.17, 15) is 10.1 Å². The van der Waals surface area contributed by atoms with Crippen LogP contribution in [0.5, 0.6) is 5.88 Å². The zero-order valence-electron chi connectivity index (χ0n) is 9.26. The third kappa shape index (κ3) is 3.30. The zero-order valence-corrected chi connectivity index (χ0v) is 10.0. The van der Waals surface area contributed by atoms with E-state index in [1.54, 1.807) is 0 Å². The van der Waals surface area contributed by atoms with Crippen LogP contribution in [-0.2, 0) is 0 Å². The van der Waals surface area contributed by atoms with Crippen LogP contribution in [0, 0.1) is 10.1 Å². The fourth-order valence-electron chi connectivity index (χ4n) is 1.98. The molecule has 1 heterocycles. The molecule has 6 heteroatoms. The van der Waals surface area contributed by atoms with Crippen molar-refractivity contribution in [1.29, 1.82) is 0 Å². The van der Waals surface area contributed by atoms with Crippen LogP contribution in [0.2, 0.25) is 5.15 Å². The maximum Gasteiger partial charge on any atom is 0.277 e. The number of hydrogen-bond donors (Lipinski definition) is 0. The molecular formula is C11H13ClN2O3. The van der Waals surface area contributed by atoms with E-state index in [1.165, 1.54) is 18.6 Å². The summed E-state index contributed by atoms with van der Waals surface area (Å²) in [5.41, 5.74) is -0.0872. The highest BCUT2D eigenvalue weighted by atomic mass is 35.5. The fourth-order valence-corrected chi connectivity index (χ4v) is 2.17. The molecule has 1 aromatic heterocycles. The molecule has 1 saturated carbocycles.